The Balaban J connectivity index is 2.68. The molecular weight excluding hydrogens is 240 g/mol. The number of hydrogen-bond donors (Lipinski definition) is 2. The average Bonchev–Trinajstić information content (AvgIpc) is 2.41. The number of rotatable bonds is 8. The number of nitrogens with one attached hydrogen (secondary N) is 1. The summed E-state index contributed by atoms with van der Waals surface area (Å²) in [6, 6.07) is 9.69. The van der Waals surface area contributed by atoms with E-state index in [0.717, 1.165) is 18.4 Å². The van der Waals surface area contributed by atoms with Crippen molar-refractivity contribution in [2.45, 2.75) is 31.7 Å². The van der Waals surface area contributed by atoms with E-state index in [1.54, 1.807) is 7.11 Å². The zero-order valence-corrected chi connectivity index (χ0v) is 11.8. The van der Waals surface area contributed by atoms with Gasteiger partial charge in [0.1, 0.15) is 0 Å². The second-order valence-corrected chi connectivity index (χ2v) is 4.65. The maximum absolute atomic E-state index is 12.3. The van der Waals surface area contributed by atoms with E-state index in [1.165, 1.54) is 0 Å². The van der Waals surface area contributed by atoms with Gasteiger partial charge in [0, 0.05) is 13.7 Å². The van der Waals surface area contributed by atoms with Gasteiger partial charge in [0.15, 0.2) is 0 Å². The first-order valence-electron chi connectivity index (χ1n) is 6.77. The maximum Gasteiger partial charge on any atom is 0.229 e. The van der Waals surface area contributed by atoms with Crippen LogP contribution in [0.2, 0.25) is 0 Å². The summed E-state index contributed by atoms with van der Waals surface area (Å²) in [4.78, 5) is 12.3. The first-order chi connectivity index (χ1) is 9.22. The number of nitrogens with two attached hydrogens (primary N) is 1. The fourth-order valence-corrected chi connectivity index (χ4v) is 2.13. The number of benzene rings is 1. The van der Waals surface area contributed by atoms with Crippen LogP contribution in [0.5, 0.6) is 0 Å². The number of carbonyl (C=O) groups excluding carboxylic acids is 1. The molecule has 1 aromatic carbocycles. The van der Waals surface area contributed by atoms with Gasteiger partial charge in [-0.15, -0.1) is 0 Å². The molecule has 4 heteroatoms. The van der Waals surface area contributed by atoms with Crippen LogP contribution < -0.4 is 11.1 Å². The maximum atomic E-state index is 12.3. The van der Waals surface area contributed by atoms with Crippen LogP contribution in [0.25, 0.3) is 0 Å². The van der Waals surface area contributed by atoms with Gasteiger partial charge in [0.05, 0.1) is 18.6 Å². The van der Waals surface area contributed by atoms with E-state index in [2.05, 4.69) is 12.2 Å². The minimum atomic E-state index is -0.294. The first kappa shape index (κ1) is 15.7. The molecule has 4 nitrogen and oxygen atoms in total. The number of ether oxygens (including phenoxy) is 1. The number of hydrogen-bond acceptors (Lipinski definition) is 3. The molecule has 106 valence electrons. The third-order valence-corrected chi connectivity index (χ3v) is 3.11. The van der Waals surface area contributed by atoms with Crippen molar-refractivity contribution < 1.29 is 9.53 Å². The third kappa shape index (κ3) is 5.01. The number of amides is 1. The molecule has 0 heterocycles. The van der Waals surface area contributed by atoms with Gasteiger partial charge < -0.3 is 15.8 Å². The lowest BCUT2D eigenvalue weighted by atomic mass is 9.98. The predicted octanol–water partition coefficient (Wildman–Crippen LogP) is 1.66. The molecule has 0 aliphatic carbocycles. The Bertz CT molecular complexity index is 362. The highest BCUT2D eigenvalue weighted by Crippen LogP contribution is 2.14. The van der Waals surface area contributed by atoms with Gasteiger partial charge in [-0.1, -0.05) is 43.7 Å². The highest BCUT2D eigenvalue weighted by atomic mass is 16.5. The van der Waals surface area contributed by atoms with Gasteiger partial charge in [-0.3, -0.25) is 4.79 Å². The van der Waals surface area contributed by atoms with Crippen LogP contribution in [0, 0.1) is 0 Å². The van der Waals surface area contributed by atoms with Crippen molar-refractivity contribution in [3.05, 3.63) is 35.9 Å². The van der Waals surface area contributed by atoms with Crippen LogP contribution in [0.1, 0.15) is 31.2 Å². The molecule has 0 saturated heterocycles. The molecule has 1 amide bonds. The van der Waals surface area contributed by atoms with Crippen LogP contribution in [-0.2, 0) is 9.53 Å². The lowest BCUT2D eigenvalue weighted by Gasteiger charge is -2.21. The molecule has 0 fully saturated rings. The van der Waals surface area contributed by atoms with E-state index in [4.69, 9.17) is 10.5 Å². The van der Waals surface area contributed by atoms with Crippen molar-refractivity contribution >= 4 is 5.91 Å². The summed E-state index contributed by atoms with van der Waals surface area (Å²) in [6.45, 7) is 2.93. The molecule has 0 radical (unpaired) electrons. The Morgan fingerprint density at radius 1 is 1.37 bits per heavy atom. The van der Waals surface area contributed by atoms with Gasteiger partial charge in [0.25, 0.3) is 0 Å². The molecule has 3 N–H and O–H groups in total. The third-order valence-electron chi connectivity index (χ3n) is 3.11. The van der Waals surface area contributed by atoms with E-state index >= 15 is 0 Å². The van der Waals surface area contributed by atoms with Crippen LogP contribution in [-0.4, -0.2) is 32.2 Å². The predicted molar refractivity (Wildman–Crippen MR) is 77.0 cm³/mol. The molecule has 2 unspecified atom stereocenters. The smallest absolute Gasteiger partial charge is 0.229 e. The molecule has 2 atom stereocenters. The Morgan fingerprint density at radius 2 is 2.05 bits per heavy atom. The van der Waals surface area contributed by atoms with Gasteiger partial charge in [-0.2, -0.15) is 0 Å². The van der Waals surface area contributed by atoms with E-state index in [-0.39, 0.29) is 17.9 Å². The zero-order chi connectivity index (χ0) is 14.1. The van der Waals surface area contributed by atoms with Crippen LogP contribution in [0.4, 0.5) is 0 Å². The lowest BCUT2D eigenvalue weighted by Crippen LogP contribution is -2.42. The summed E-state index contributed by atoms with van der Waals surface area (Å²) < 4.78 is 5.13. The average molecular weight is 264 g/mol. The first-order valence-corrected chi connectivity index (χ1v) is 6.77. The molecule has 1 aromatic rings. The van der Waals surface area contributed by atoms with Crippen molar-refractivity contribution in [2.75, 3.05) is 20.3 Å². The Morgan fingerprint density at radius 3 is 2.58 bits per heavy atom. The minimum absolute atomic E-state index is 0.0239. The summed E-state index contributed by atoms with van der Waals surface area (Å²) in [6.07, 6.45) is 1.92. The van der Waals surface area contributed by atoms with E-state index in [9.17, 15) is 4.79 Å². The quantitative estimate of drug-likeness (QED) is 0.750. The van der Waals surface area contributed by atoms with Crippen molar-refractivity contribution in [1.29, 1.82) is 0 Å². The van der Waals surface area contributed by atoms with E-state index in [1.807, 2.05) is 30.3 Å². The topological polar surface area (TPSA) is 64.3 Å². The lowest BCUT2D eigenvalue weighted by molar-refractivity contribution is -0.123. The summed E-state index contributed by atoms with van der Waals surface area (Å²) in [5, 5.41) is 3.02. The molecule has 1 rings (SSSR count). The standard InChI is InChI=1S/C15H24N2O2/c1-3-7-13(11-19-2)17-15(18)14(10-16)12-8-5-4-6-9-12/h4-6,8-9,13-14H,3,7,10-11,16H2,1-2H3,(H,17,18). The largest absolute Gasteiger partial charge is 0.383 e. The fraction of sp³-hybridized carbons (Fsp3) is 0.533. The van der Waals surface area contributed by atoms with Gasteiger partial charge in [-0.25, -0.2) is 0 Å². The summed E-state index contributed by atoms with van der Waals surface area (Å²) >= 11 is 0. The molecule has 0 aromatic heterocycles. The van der Waals surface area contributed by atoms with E-state index in [0.29, 0.717) is 13.2 Å². The van der Waals surface area contributed by atoms with Crippen LogP contribution in [0.15, 0.2) is 30.3 Å². The molecule has 0 aliphatic rings. The second kappa shape index (κ2) is 8.67. The Labute approximate surface area is 115 Å². The molecule has 19 heavy (non-hydrogen) atoms. The minimum Gasteiger partial charge on any atom is -0.383 e. The molecule has 0 bridgehead atoms. The highest BCUT2D eigenvalue weighted by Gasteiger charge is 2.21. The van der Waals surface area contributed by atoms with Gasteiger partial charge >= 0.3 is 0 Å². The number of carbonyl (C=O) groups is 1. The van der Waals surface area contributed by atoms with Crippen molar-refractivity contribution in [2.24, 2.45) is 5.73 Å². The molecule has 0 saturated carbocycles. The number of methoxy groups -OCH3 is 1. The normalized spacial score (nSPS) is 13.8. The van der Waals surface area contributed by atoms with Crippen molar-refractivity contribution in [3.63, 3.8) is 0 Å². The Kier molecular flexibility index (Phi) is 7.15. The summed E-state index contributed by atoms with van der Waals surface area (Å²) in [5.74, 6) is -0.318. The zero-order valence-electron chi connectivity index (χ0n) is 11.8. The van der Waals surface area contributed by atoms with Crippen molar-refractivity contribution in [3.8, 4) is 0 Å². The van der Waals surface area contributed by atoms with Crippen LogP contribution >= 0.6 is 0 Å². The van der Waals surface area contributed by atoms with Gasteiger partial charge in [0.2, 0.25) is 5.91 Å². The fourth-order valence-electron chi connectivity index (χ4n) is 2.13. The van der Waals surface area contributed by atoms with E-state index < -0.39 is 0 Å². The molecule has 0 spiro atoms. The monoisotopic (exact) mass is 264 g/mol. The summed E-state index contributed by atoms with van der Waals surface area (Å²) in [7, 11) is 1.65. The van der Waals surface area contributed by atoms with Crippen molar-refractivity contribution in [1.82, 2.24) is 5.32 Å². The molecular formula is C15H24N2O2. The second-order valence-electron chi connectivity index (χ2n) is 4.65. The highest BCUT2D eigenvalue weighted by molar-refractivity contribution is 5.84. The summed E-state index contributed by atoms with van der Waals surface area (Å²) in [5.41, 5.74) is 6.69. The Hall–Kier alpha value is -1.39. The van der Waals surface area contributed by atoms with Crippen LogP contribution in [0.3, 0.4) is 0 Å². The molecule has 0 aliphatic heterocycles. The van der Waals surface area contributed by atoms with Gasteiger partial charge in [-0.05, 0) is 12.0 Å². The SMILES string of the molecule is CCCC(COC)NC(=O)C(CN)c1ccccc1.